The summed E-state index contributed by atoms with van der Waals surface area (Å²) in [4.78, 5) is 18.3. The maximum atomic E-state index is 13.1. The van der Waals surface area contributed by atoms with Gasteiger partial charge in [0.15, 0.2) is 0 Å². The van der Waals surface area contributed by atoms with E-state index < -0.39 is 11.9 Å². The average molecular weight is 427 g/mol. The Balaban J connectivity index is 1.55. The van der Waals surface area contributed by atoms with Crippen LogP contribution in [0.3, 0.4) is 0 Å². The zero-order valence-electron chi connectivity index (χ0n) is 16.5. The van der Waals surface area contributed by atoms with Gasteiger partial charge in [0, 0.05) is 31.3 Å². The van der Waals surface area contributed by atoms with Gasteiger partial charge in [0.25, 0.3) is 5.91 Å². The third kappa shape index (κ3) is 4.69. The van der Waals surface area contributed by atoms with Crippen molar-refractivity contribution in [3.63, 3.8) is 0 Å². The molecule has 0 atom stereocenters. The van der Waals surface area contributed by atoms with Gasteiger partial charge in [-0.1, -0.05) is 30.3 Å². The van der Waals surface area contributed by atoms with Crippen LogP contribution in [0.15, 0.2) is 60.7 Å². The Hall–Kier alpha value is -3.39. The Kier molecular flexibility index (Phi) is 5.65. The van der Waals surface area contributed by atoms with Crippen molar-refractivity contribution in [2.45, 2.75) is 25.7 Å². The number of nitrogens with two attached hydrogens (primary N) is 1. The normalized spacial score (nSPS) is 13.6. The predicted octanol–water partition coefficient (Wildman–Crippen LogP) is 4.55. The number of hydrogen-bond donors (Lipinski definition) is 1. The van der Waals surface area contributed by atoms with Gasteiger partial charge in [0.2, 0.25) is 5.88 Å². The van der Waals surface area contributed by atoms with Crippen LogP contribution in [0.25, 0.3) is 0 Å². The number of hydrogen-bond acceptors (Lipinski definition) is 4. The number of pyridine rings is 1. The molecule has 1 aliphatic heterocycles. The molecule has 0 unspecified atom stereocenters. The lowest BCUT2D eigenvalue weighted by molar-refractivity contribution is -0.141. The lowest BCUT2D eigenvalue weighted by atomic mass is 9.99. The molecule has 0 saturated carbocycles. The van der Waals surface area contributed by atoms with E-state index in [1.54, 1.807) is 23.1 Å². The number of carbonyl (C=O) groups is 1. The number of aromatic nitrogens is 1. The number of carbonyl (C=O) groups excluding carboxylic acids is 1. The maximum absolute atomic E-state index is 13.1. The first-order chi connectivity index (χ1) is 14.8. The molecular weight excluding hydrogens is 407 g/mol. The number of alkyl halides is 3. The largest absolute Gasteiger partial charge is 0.439 e. The lowest BCUT2D eigenvalue weighted by Crippen LogP contribution is -2.35. The number of benzene rings is 2. The van der Waals surface area contributed by atoms with Crippen LogP contribution in [0.1, 0.15) is 32.7 Å². The van der Waals surface area contributed by atoms with Crippen molar-refractivity contribution < 1.29 is 22.7 Å². The SMILES string of the molecule is NCc1cc(Oc2cccc(C(=O)N3CCc4ccccc4C3)c2)nc(C(F)(F)F)c1. The Morgan fingerprint density at radius 1 is 1.06 bits per heavy atom. The third-order valence-corrected chi connectivity index (χ3v) is 5.11. The third-order valence-electron chi connectivity index (χ3n) is 5.11. The highest BCUT2D eigenvalue weighted by molar-refractivity contribution is 5.94. The fourth-order valence-corrected chi connectivity index (χ4v) is 3.54. The lowest BCUT2D eigenvalue weighted by Gasteiger charge is -2.29. The van der Waals surface area contributed by atoms with Crippen LogP contribution in [0.4, 0.5) is 13.2 Å². The minimum atomic E-state index is -4.62. The Morgan fingerprint density at radius 2 is 1.84 bits per heavy atom. The summed E-state index contributed by atoms with van der Waals surface area (Å²) in [6, 6.07) is 16.6. The number of ether oxygens (including phenoxy) is 1. The second-order valence-corrected chi connectivity index (χ2v) is 7.28. The minimum Gasteiger partial charge on any atom is -0.439 e. The summed E-state index contributed by atoms with van der Waals surface area (Å²) in [5, 5.41) is 0. The molecule has 8 heteroatoms. The maximum Gasteiger partial charge on any atom is 0.433 e. The second-order valence-electron chi connectivity index (χ2n) is 7.28. The molecule has 0 radical (unpaired) electrons. The number of rotatable bonds is 4. The first-order valence-corrected chi connectivity index (χ1v) is 9.75. The molecule has 0 aliphatic carbocycles. The van der Waals surface area contributed by atoms with Crippen molar-refractivity contribution >= 4 is 5.91 Å². The van der Waals surface area contributed by atoms with Gasteiger partial charge >= 0.3 is 6.18 Å². The van der Waals surface area contributed by atoms with Gasteiger partial charge in [-0.3, -0.25) is 4.79 Å². The molecule has 0 bridgehead atoms. The van der Waals surface area contributed by atoms with Gasteiger partial charge in [-0.15, -0.1) is 0 Å². The monoisotopic (exact) mass is 427 g/mol. The molecular formula is C23H20F3N3O2. The van der Waals surface area contributed by atoms with Crippen LogP contribution in [-0.2, 0) is 25.7 Å². The minimum absolute atomic E-state index is 0.0864. The van der Waals surface area contributed by atoms with Gasteiger partial charge in [-0.05, 0) is 47.4 Å². The Labute approximate surface area is 177 Å². The molecule has 1 amide bonds. The fourth-order valence-electron chi connectivity index (χ4n) is 3.54. The summed E-state index contributed by atoms with van der Waals surface area (Å²) in [5.74, 6) is -0.176. The van der Waals surface area contributed by atoms with Crippen LogP contribution in [0.5, 0.6) is 11.6 Å². The van der Waals surface area contributed by atoms with E-state index in [1.165, 1.54) is 17.7 Å². The van der Waals surface area contributed by atoms with Crippen LogP contribution in [-0.4, -0.2) is 22.3 Å². The number of fused-ring (bicyclic) bond motifs is 1. The van der Waals surface area contributed by atoms with E-state index in [-0.39, 0.29) is 29.6 Å². The molecule has 0 saturated heterocycles. The molecule has 4 rings (SSSR count). The van der Waals surface area contributed by atoms with Crippen LogP contribution >= 0.6 is 0 Å². The van der Waals surface area contributed by atoms with Gasteiger partial charge in [-0.25, -0.2) is 4.98 Å². The standard InChI is InChI=1S/C23H20F3N3O2/c24-23(25,26)20-10-15(13-27)11-21(28-20)31-19-7-3-6-17(12-19)22(30)29-9-8-16-4-1-2-5-18(16)14-29/h1-7,10-12H,8-9,13-14,27H2. The molecule has 31 heavy (non-hydrogen) atoms. The van der Waals surface area contributed by atoms with Crippen LogP contribution < -0.4 is 10.5 Å². The Bertz CT molecular complexity index is 1120. The topological polar surface area (TPSA) is 68.5 Å². The summed E-state index contributed by atoms with van der Waals surface area (Å²) >= 11 is 0. The molecule has 2 heterocycles. The highest BCUT2D eigenvalue weighted by atomic mass is 19.4. The number of nitrogens with zero attached hydrogens (tertiary/aromatic N) is 2. The van der Waals surface area contributed by atoms with E-state index >= 15 is 0 Å². The van der Waals surface area contributed by atoms with Gasteiger partial charge in [-0.2, -0.15) is 13.2 Å². The summed E-state index contributed by atoms with van der Waals surface area (Å²) in [6.45, 7) is 1.02. The summed E-state index contributed by atoms with van der Waals surface area (Å²) < 4.78 is 44.8. The van der Waals surface area contributed by atoms with Crippen molar-refractivity contribution in [1.82, 2.24) is 9.88 Å². The smallest absolute Gasteiger partial charge is 0.433 e. The summed E-state index contributed by atoms with van der Waals surface area (Å²) in [7, 11) is 0. The quantitative estimate of drug-likeness (QED) is 0.663. The van der Waals surface area contributed by atoms with E-state index in [1.807, 2.05) is 18.2 Å². The highest BCUT2D eigenvalue weighted by Gasteiger charge is 2.33. The highest BCUT2D eigenvalue weighted by Crippen LogP contribution is 2.31. The predicted molar refractivity (Wildman–Crippen MR) is 109 cm³/mol. The van der Waals surface area contributed by atoms with E-state index in [9.17, 15) is 18.0 Å². The molecule has 2 N–H and O–H groups in total. The van der Waals surface area contributed by atoms with Gasteiger partial charge in [0.05, 0.1) is 0 Å². The van der Waals surface area contributed by atoms with Crippen LogP contribution in [0.2, 0.25) is 0 Å². The number of amides is 1. The van der Waals surface area contributed by atoms with Crippen molar-refractivity contribution in [1.29, 1.82) is 0 Å². The zero-order valence-corrected chi connectivity index (χ0v) is 16.5. The van der Waals surface area contributed by atoms with E-state index in [4.69, 9.17) is 10.5 Å². The molecule has 1 aromatic heterocycles. The molecule has 160 valence electrons. The second kappa shape index (κ2) is 8.39. The average Bonchev–Trinajstić information content (AvgIpc) is 2.77. The van der Waals surface area contributed by atoms with Crippen molar-refractivity contribution in [2.75, 3.05) is 6.54 Å². The van der Waals surface area contributed by atoms with Crippen molar-refractivity contribution in [2.24, 2.45) is 5.73 Å². The van der Waals surface area contributed by atoms with E-state index in [0.29, 0.717) is 18.7 Å². The molecule has 0 spiro atoms. The molecule has 2 aromatic carbocycles. The molecule has 3 aromatic rings. The van der Waals surface area contributed by atoms with E-state index in [2.05, 4.69) is 11.1 Å². The number of halogens is 3. The molecule has 1 aliphatic rings. The van der Waals surface area contributed by atoms with E-state index in [0.717, 1.165) is 18.1 Å². The fraction of sp³-hybridized carbons (Fsp3) is 0.217. The van der Waals surface area contributed by atoms with Gasteiger partial charge < -0.3 is 15.4 Å². The first kappa shape index (κ1) is 20.9. The molecule has 0 fully saturated rings. The van der Waals surface area contributed by atoms with Crippen molar-refractivity contribution in [3.8, 4) is 11.6 Å². The Morgan fingerprint density at radius 3 is 2.58 bits per heavy atom. The zero-order chi connectivity index (χ0) is 22.0. The van der Waals surface area contributed by atoms with Crippen LogP contribution in [0, 0.1) is 0 Å². The van der Waals surface area contributed by atoms with Gasteiger partial charge in [0.1, 0.15) is 11.4 Å². The molecule has 5 nitrogen and oxygen atoms in total. The summed E-state index contributed by atoms with van der Waals surface area (Å²) in [5.41, 5.74) is 7.40. The summed E-state index contributed by atoms with van der Waals surface area (Å²) in [6.07, 6.45) is -3.85. The van der Waals surface area contributed by atoms with Crippen molar-refractivity contribution in [3.05, 3.63) is 88.6 Å². The first-order valence-electron chi connectivity index (χ1n) is 9.75.